The van der Waals surface area contributed by atoms with Crippen LogP contribution in [0.2, 0.25) is 0 Å². The van der Waals surface area contributed by atoms with Crippen LogP contribution in [0.3, 0.4) is 0 Å². The molecule has 0 atom stereocenters. The molecule has 0 radical (unpaired) electrons. The molecule has 31 heavy (non-hydrogen) atoms. The molecule has 4 rings (SSSR count). The topological polar surface area (TPSA) is 43.9 Å². The van der Waals surface area contributed by atoms with Gasteiger partial charge in [0.05, 0.1) is 0 Å². The lowest BCUT2D eigenvalue weighted by atomic mass is 9.88. The first-order valence-electron chi connectivity index (χ1n) is 10.8. The minimum absolute atomic E-state index is 0.271. The quantitative estimate of drug-likeness (QED) is 0.402. The van der Waals surface area contributed by atoms with Crippen molar-refractivity contribution in [1.82, 2.24) is 9.80 Å². The number of carbonyl (C=O) groups excluding carboxylic acids is 2. The van der Waals surface area contributed by atoms with Crippen LogP contribution in [0.1, 0.15) is 38.7 Å². The molecule has 0 N–H and O–H groups in total. The molecule has 1 aliphatic carbocycles. The molecule has 1 fully saturated rings. The number of amides is 2. The number of rotatable bonds is 3. The summed E-state index contributed by atoms with van der Waals surface area (Å²) in [6, 6.07) is 8.31. The van der Waals surface area contributed by atoms with Gasteiger partial charge in [-0.1, -0.05) is 30.4 Å². The molecule has 1 aromatic rings. The molecule has 1 aromatic carbocycles. The first-order valence-corrected chi connectivity index (χ1v) is 11.2. The van der Waals surface area contributed by atoms with Crippen LogP contribution in [0.4, 0.5) is 5.69 Å². The Morgan fingerprint density at radius 3 is 2.39 bits per heavy atom. The molecular formula is C25H27N3O2S. The number of hydrogen-bond donors (Lipinski definition) is 0. The number of nitrogens with zero attached hydrogens (tertiary/aromatic N) is 3. The maximum Gasteiger partial charge on any atom is 0.265 e. The van der Waals surface area contributed by atoms with Gasteiger partial charge in [-0.3, -0.25) is 19.4 Å². The Morgan fingerprint density at radius 2 is 1.71 bits per heavy atom. The summed E-state index contributed by atoms with van der Waals surface area (Å²) < 4.78 is 0. The van der Waals surface area contributed by atoms with E-state index in [0.29, 0.717) is 18.2 Å². The maximum atomic E-state index is 13.1. The van der Waals surface area contributed by atoms with Gasteiger partial charge < -0.3 is 4.90 Å². The summed E-state index contributed by atoms with van der Waals surface area (Å²) in [6.07, 6.45) is 10.9. The predicted molar refractivity (Wildman–Crippen MR) is 128 cm³/mol. The van der Waals surface area contributed by atoms with E-state index in [2.05, 4.69) is 35.4 Å². The van der Waals surface area contributed by atoms with Gasteiger partial charge in [0.2, 0.25) is 0 Å². The largest absolute Gasteiger partial charge is 0.351 e. The number of anilines is 1. The van der Waals surface area contributed by atoms with Crippen molar-refractivity contribution in [1.29, 1.82) is 0 Å². The van der Waals surface area contributed by atoms with Crippen molar-refractivity contribution >= 4 is 40.4 Å². The van der Waals surface area contributed by atoms with Gasteiger partial charge in [0.25, 0.3) is 11.8 Å². The Labute approximate surface area is 189 Å². The SMILES string of the molecule is CCN1C(=O)C(=C2C=C(/C=C3\C=CN(C)c4ccccc43)CCC2)C(=O)N(CC)C1=S. The summed E-state index contributed by atoms with van der Waals surface area (Å²) in [6.45, 7) is 4.67. The highest BCUT2D eigenvalue weighted by Crippen LogP contribution is 2.35. The molecule has 3 aliphatic rings. The molecule has 1 saturated heterocycles. The van der Waals surface area contributed by atoms with Crippen LogP contribution < -0.4 is 4.90 Å². The first kappa shape index (κ1) is 21.2. The molecule has 5 nitrogen and oxygen atoms in total. The van der Waals surface area contributed by atoms with E-state index >= 15 is 0 Å². The fraction of sp³-hybridized carbons (Fsp3) is 0.320. The van der Waals surface area contributed by atoms with Gasteiger partial charge in [-0.2, -0.15) is 0 Å². The third-order valence-electron chi connectivity index (χ3n) is 6.02. The summed E-state index contributed by atoms with van der Waals surface area (Å²) in [4.78, 5) is 31.4. The number of carbonyl (C=O) groups is 2. The zero-order chi connectivity index (χ0) is 22.1. The Kier molecular flexibility index (Phi) is 5.92. The van der Waals surface area contributed by atoms with E-state index in [1.54, 1.807) is 0 Å². The number of thiocarbonyl (C=S) groups is 1. The third-order valence-corrected chi connectivity index (χ3v) is 6.46. The van der Waals surface area contributed by atoms with Gasteiger partial charge in [0.1, 0.15) is 5.57 Å². The van der Waals surface area contributed by atoms with E-state index in [0.717, 1.165) is 41.7 Å². The molecule has 160 valence electrons. The second-order valence-electron chi connectivity index (χ2n) is 7.90. The average molecular weight is 434 g/mol. The molecule has 0 unspecified atom stereocenters. The number of para-hydroxylation sites is 1. The van der Waals surface area contributed by atoms with Crippen LogP contribution in [0, 0.1) is 0 Å². The fourth-order valence-electron chi connectivity index (χ4n) is 4.39. The van der Waals surface area contributed by atoms with Crippen molar-refractivity contribution in [3.8, 4) is 0 Å². The molecule has 0 spiro atoms. The fourth-order valence-corrected chi connectivity index (χ4v) is 4.81. The van der Waals surface area contributed by atoms with Gasteiger partial charge in [-0.15, -0.1) is 0 Å². The minimum atomic E-state index is -0.271. The number of fused-ring (bicyclic) bond motifs is 1. The highest BCUT2D eigenvalue weighted by Gasteiger charge is 2.39. The van der Waals surface area contributed by atoms with Gasteiger partial charge in [-0.05, 0) is 74.2 Å². The Hall–Kier alpha value is -2.99. The van der Waals surface area contributed by atoms with Crippen LogP contribution in [0.15, 0.2) is 65.4 Å². The molecule has 2 amide bonds. The summed E-state index contributed by atoms with van der Waals surface area (Å²) in [5.41, 5.74) is 5.70. The number of benzene rings is 1. The van der Waals surface area contributed by atoms with Gasteiger partial charge in [0, 0.05) is 37.6 Å². The lowest BCUT2D eigenvalue weighted by Gasteiger charge is -2.36. The van der Waals surface area contributed by atoms with E-state index in [-0.39, 0.29) is 17.4 Å². The number of hydrogen-bond acceptors (Lipinski definition) is 4. The van der Waals surface area contributed by atoms with E-state index in [4.69, 9.17) is 12.2 Å². The number of likely N-dealkylation sites (N-methyl/N-ethyl adjacent to an activating group) is 2. The van der Waals surface area contributed by atoms with Crippen LogP contribution in [0.25, 0.3) is 5.57 Å². The maximum absolute atomic E-state index is 13.1. The second kappa shape index (κ2) is 8.63. The summed E-state index contributed by atoms with van der Waals surface area (Å²) in [5, 5.41) is 0.305. The Morgan fingerprint density at radius 1 is 1.03 bits per heavy atom. The van der Waals surface area contributed by atoms with E-state index in [1.807, 2.05) is 39.1 Å². The van der Waals surface area contributed by atoms with Crippen LogP contribution >= 0.6 is 12.2 Å². The first-order chi connectivity index (χ1) is 15.0. The van der Waals surface area contributed by atoms with Crippen LogP contribution in [-0.2, 0) is 9.59 Å². The molecule has 0 bridgehead atoms. The molecule has 6 heteroatoms. The monoisotopic (exact) mass is 433 g/mol. The lowest BCUT2D eigenvalue weighted by Crippen LogP contribution is -2.56. The molecular weight excluding hydrogens is 406 g/mol. The van der Waals surface area contributed by atoms with Crippen LogP contribution in [0.5, 0.6) is 0 Å². The highest BCUT2D eigenvalue weighted by molar-refractivity contribution is 7.80. The standard InChI is InChI=1S/C25H27N3O2S/c1-4-27-23(29)22(24(30)28(5-2)25(27)31)19-10-8-9-17(16-19)15-18-13-14-26(3)21-12-7-6-11-20(18)21/h6-7,11-16H,4-5,8-10H2,1-3H3/b18-15+. The summed E-state index contributed by atoms with van der Waals surface area (Å²) in [5.74, 6) is -0.543. The van der Waals surface area contributed by atoms with Crippen molar-refractivity contribution in [3.63, 3.8) is 0 Å². The summed E-state index contributed by atoms with van der Waals surface area (Å²) >= 11 is 5.38. The lowest BCUT2D eigenvalue weighted by molar-refractivity contribution is -0.133. The van der Waals surface area contributed by atoms with Crippen molar-refractivity contribution in [2.24, 2.45) is 0 Å². The van der Waals surface area contributed by atoms with Crippen LogP contribution in [-0.4, -0.2) is 46.9 Å². The van der Waals surface area contributed by atoms with Crippen molar-refractivity contribution in [2.45, 2.75) is 33.1 Å². The Bertz CT molecular complexity index is 1050. The molecule has 0 saturated carbocycles. The van der Waals surface area contributed by atoms with E-state index < -0.39 is 0 Å². The molecule has 2 heterocycles. The van der Waals surface area contributed by atoms with Gasteiger partial charge in [-0.25, -0.2) is 0 Å². The third kappa shape index (κ3) is 3.76. The van der Waals surface area contributed by atoms with Gasteiger partial charge in [0.15, 0.2) is 5.11 Å². The molecule has 0 aromatic heterocycles. The zero-order valence-electron chi connectivity index (χ0n) is 18.2. The predicted octanol–water partition coefficient (Wildman–Crippen LogP) is 4.44. The smallest absolute Gasteiger partial charge is 0.265 e. The average Bonchev–Trinajstić information content (AvgIpc) is 2.77. The van der Waals surface area contributed by atoms with Crippen molar-refractivity contribution < 1.29 is 9.59 Å². The normalized spacial score (nSPS) is 20.6. The second-order valence-corrected chi connectivity index (χ2v) is 8.26. The van der Waals surface area contributed by atoms with E-state index in [9.17, 15) is 9.59 Å². The Balaban J connectivity index is 1.76. The molecule has 2 aliphatic heterocycles. The number of allylic oxidation sites excluding steroid dienone is 6. The minimum Gasteiger partial charge on any atom is -0.351 e. The van der Waals surface area contributed by atoms with Gasteiger partial charge >= 0.3 is 0 Å². The summed E-state index contributed by atoms with van der Waals surface area (Å²) in [7, 11) is 2.04. The van der Waals surface area contributed by atoms with Crippen molar-refractivity contribution in [2.75, 3.05) is 25.0 Å². The van der Waals surface area contributed by atoms with E-state index in [1.165, 1.54) is 15.4 Å². The highest BCUT2D eigenvalue weighted by atomic mass is 32.1. The zero-order valence-corrected chi connectivity index (χ0v) is 19.0. The van der Waals surface area contributed by atoms with Crippen molar-refractivity contribution in [3.05, 3.63) is 71.0 Å².